The largest absolute Gasteiger partial charge is 0.398 e. The lowest BCUT2D eigenvalue weighted by Gasteiger charge is -2.18. The third kappa shape index (κ3) is 3.07. The Morgan fingerprint density at radius 1 is 1.28 bits per heavy atom. The van der Waals surface area contributed by atoms with Gasteiger partial charge in [0.05, 0.1) is 6.04 Å². The Labute approximate surface area is 115 Å². The molecule has 1 atom stereocenters. The number of hydrazine groups is 1. The van der Waals surface area contributed by atoms with Gasteiger partial charge in [0.1, 0.15) is 0 Å². The Morgan fingerprint density at radius 3 is 2.72 bits per heavy atom. The topological polar surface area (TPSA) is 77.0 Å². The van der Waals surface area contributed by atoms with Gasteiger partial charge in [-0.3, -0.25) is 16.3 Å². The highest BCUT2D eigenvalue weighted by Crippen LogP contribution is 2.23. The lowest BCUT2D eigenvalue weighted by atomic mass is 9.99. The molecular formula is C13H15BrN4. The van der Waals surface area contributed by atoms with Gasteiger partial charge in [0, 0.05) is 22.6 Å². The second-order valence-electron chi connectivity index (χ2n) is 4.06. The highest BCUT2D eigenvalue weighted by molar-refractivity contribution is 9.10. The molecule has 5 N–H and O–H groups in total. The number of halogens is 1. The number of anilines is 1. The van der Waals surface area contributed by atoms with Crippen molar-refractivity contribution in [2.45, 2.75) is 12.5 Å². The van der Waals surface area contributed by atoms with Crippen molar-refractivity contribution >= 4 is 21.6 Å². The van der Waals surface area contributed by atoms with Crippen LogP contribution in [-0.4, -0.2) is 4.98 Å². The summed E-state index contributed by atoms with van der Waals surface area (Å²) in [6.45, 7) is 0. The van der Waals surface area contributed by atoms with E-state index in [-0.39, 0.29) is 6.04 Å². The first-order valence-electron chi connectivity index (χ1n) is 5.60. The molecule has 0 radical (unpaired) electrons. The van der Waals surface area contributed by atoms with Crippen molar-refractivity contribution in [3.63, 3.8) is 0 Å². The van der Waals surface area contributed by atoms with E-state index in [2.05, 4.69) is 26.3 Å². The first-order chi connectivity index (χ1) is 8.70. The van der Waals surface area contributed by atoms with Gasteiger partial charge in [-0.15, -0.1) is 0 Å². The number of hydrogen-bond donors (Lipinski definition) is 3. The van der Waals surface area contributed by atoms with Crippen molar-refractivity contribution in [2.75, 3.05) is 5.73 Å². The molecular weight excluding hydrogens is 292 g/mol. The predicted molar refractivity (Wildman–Crippen MR) is 76.6 cm³/mol. The second kappa shape index (κ2) is 5.95. The van der Waals surface area contributed by atoms with Gasteiger partial charge in [0.25, 0.3) is 0 Å². The third-order valence-electron chi connectivity index (χ3n) is 2.77. The van der Waals surface area contributed by atoms with Crippen molar-refractivity contribution in [2.24, 2.45) is 5.84 Å². The second-order valence-corrected chi connectivity index (χ2v) is 4.98. The maximum absolute atomic E-state index is 5.96. The summed E-state index contributed by atoms with van der Waals surface area (Å²) >= 11 is 3.41. The SMILES string of the molecule is NNC(Cc1cncc(Br)c1)c1ccccc1N. The normalized spacial score (nSPS) is 12.3. The maximum Gasteiger partial charge on any atom is 0.0521 e. The van der Waals surface area contributed by atoms with Crippen molar-refractivity contribution in [1.82, 2.24) is 10.4 Å². The van der Waals surface area contributed by atoms with Crippen LogP contribution in [0.1, 0.15) is 17.2 Å². The van der Waals surface area contributed by atoms with Crippen LogP contribution in [0.2, 0.25) is 0 Å². The molecule has 0 aliphatic carbocycles. The molecule has 0 aliphatic heterocycles. The molecule has 0 aliphatic rings. The van der Waals surface area contributed by atoms with Gasteiger partial charge >= 0.3 is 0 Å². The van der Waals surface area contributed by atoms with Crippen LogP contribution in [0, 0.1) is 0 Å². The van der Waals surface area contributed by atoms with E-state index in [0.717, 1.165) is 27.7 Å². The Kier molecular flexibility index (Phi) is 4.30. The van der Waals surface area contributed by atoms with Gasteiger partial charge in [0.2, 0.25) is 0 Å². The van der Waals surface area contributed by atoms with Gasteiger partial charge in [-0.25, -0.2) is 0 Å². The summed E-state index contributed by atoms with van der Waals surface area (Å²) in [4.78, 5) is 4.14. The number of nitrogens with one attached hydrogen (secondary N) is 1. The number of nitrogen functional groups attached to an aromatic ring is 1. The molecule has 1 unspecified atom stereocenters. The molecule has 94 valence electrons. The van der Waals surface area contributed by atoms with E-state index in [1.807, 2.05) is 36.5 Å². The molecule has 0 bridgehead atoms. The zero-order valence-corrected chi connectivity index (χ0v) is 11.4. The van der Waals surface area contributed by atoms with E-state index in [1.165, 1.54) is 0 Å². The highest BCUT2D eigenvalue weighted by atomic mass is 79.9. The van der Waals surface area contributed by atoms with Crippen LogP contribution < -0.4 is 17.0 Å². The first-order valence-corrected chi connectivity index (χ1v) is 6.40. The van der Waals surface area contributed by atoms with Gasteiger partial charge in [-0.2, -0.15) is 0 Å². The number of nitrogens with zero attached hydrogens (tertiary/aromatic N) is 1. The van der Waals surface area contributed by atoms with E-state index in [0.29, 0.717) is 0 Å². The zero-order chi connectivity index (χ0) is 13.0. The van der Waals surface area contributed by atoms with Crippen molar-refractivity contribution in [3.8, 4) is 0 Å². The molecule has 0 spiro atoms. The minimum atomic E-state index is -0.0256. The number of hydrogen-bond acceptors (Lipinski definition) is 4. The van der Waals surface area contributed by atoms with Gasteiger partial charge in [0.15, 0.2) is 0 Å². The van der Waals surface area contributed by atoms with Crippen LogP contribution in [0.5, 0.6) is 0 Å². The summed E-state index contributed by atoms with van der Waals surface area (Å²) in [5, 5.41) is 0. The smallest absolute Gasteiger partial charge is 0.0521 e. The van der Waals surface area contributed by atoms with Gasteiger partial charge in [-0.05, 0) is 45.6 Å². The Hall–Kier alpha value is -1.43. The van der Waals surface area contributed by atoms with Crippen LogP contribution >= 0.6 is 15.9 Å². The Balaban J connectivity index is 2.23. The fraction of sp³-hybridized carbons (Fsp3) is 0.154. The third-order valence-corrected chi connectivity index (χ3v) is 3.21. The quantitative estimate of drug-likeness (QED) is 0.460. The van der Waals surface area contributed by atoms with E-state index >= 15 is 0 Å². The van der Waals surface area contributed by atoms with Crippen LogP contribution in [0.4, 0.5) is 5.69 Å². The molecule has 2 rings (SSSR count). The summed E-state index contributed by atoms with van der Waals surface area (Å²) in [6.07, 6.45) is 4.32. The fourth-order valence-corrected chi connectivity index (χ4v) is 2.30. The van der Waals surface area contributed by atoms with Crippen LogP contribution in [0.3, 0.4) is 0 Å². The summed E-state index contributed by atoms with van der Waals surface area (Å²) in [5.74, 6) is 5.62. The Morgan fingerprint density at radius 2 is 2.06 bits per heavy atom. The minimum Gasteiger partial charge on any atom is -0.398 e. The summed E-state index contributed by atoms with van der Waals surface area (Å²) in [7, 11) is 0. The number of benzene rings is 1. The standard InChI is InChI=1S/C13H15BrN4/c14-10-5-9(7-17-8-10)6-13(18-16)11-3-1-2-4-12(11)15/h1-5,7-8,13,18H,6,15-16H2. The molecule has 1 aromatic carbocycles. The zero-order valence-electron chi connectivity index (χ0n) is 9.81. The van der Waals surface area contributed by atoms with Gasteiger partial charge in [-0.1, -0.05) is 18.2 Å². The van der Waals surface area contributed by atoms with E-state index < -0.39 is 0 Å². The highest BCUT2D eigenvalue weighted by Gasteiger charge is 2.13. The molecule has 0 saturated carbocycles. The molecule has 0 amide bonds. The summed E-state index contributed by atoms with van der Waals surface area (Å²) < 4.78 is 0.955. The van der Waals surface area contributed by atoms with Crippen LogP contribution in [0.15, 0.2) is 47.2 Å². The molecule has 5 heteroatoms. The summed E-state index contributed by atoms with van der Waals surface area (Å²) in [5.41, 5.74) is 11.6. The van der Waals surface area contributed by atoms with Crippen molar-refractivity contribution in [1.29, 1.82) is 0 Å². The maximum atomic E-state index is 5.96. The van der Waals surface area contributed by atoms with Crippen molar-refractivity contribution in [3.05, 3.63) is 58.3 Å². The predicted octanol–water partition coefficient (Wildman–Crippen LogP) is 2.17. The van der Waals surface area contributed by atoms with Crippen molar-refractivity contribution < 1.29 is 0 Å². The number of aromatic nitrogens is 1. The van der Waals surface area contributed by atoms with E-state index in [1.54, 1.807) is 6.20 Å². The van der Waals surface area contributed by atoms with Crippen LogP contribution in [-0.2, 0) is 6.42 Å². The summed E-state index contributed by atoms with van der Waals surface area (Å²) in [6, 6.07) is 9.71. The molecule has 18 heavy (non-hydrogen) atoms. The molecule has 1 aromatic heterocycles. The number of nitrogens with two attached hydrogens (primary N) is 2. The molecule has 1 heterocycles. The fourth-order valence-electron chi connectivity index (χ4n) is 1.89. The monoisotopic (exact) mass is 306 g/mol. The molecule has 0 saturated heterocycles. The first kappa shape index (κ1) is 13.0. The molecule has 0 fully saturated rings. The Bertz CT molecular complexity index is 530. The van der Waals surface area contributed by atoms with E-state index in [9.17, 15) is 0 Å². The van der Waals surface area contributed by atoms with Crippen LogP contribution in [0.25, 0.3) is 0 Å². The van der Waals surface area contributed by atoms with Gasteiger partial charge < -0.3 is 5.73 Å². The van der Waals surface area contributed by atoms with E-state index in [4.69, 9.17) is 11.6 Å². The minimum absolute atomic E-state index is 0.0256. The number of para-hydroxylation sites is 1. The number of rotatable bonds is 4. The molecule has 4 nitrogen and oxygen atoms in total. The average Bonchev–Trinajstić information content (AvgIpc) is 2.37. The number of pyridine rings is 1. The average molecular weight is 307 g/mol. The lowest BCUT2D eigenvalue weighted by Crippen LogP contribution is -2.30. The molecule has 2 aromatic rings. The lowest BCUT2D eigenvalue weighted by molar-refractivity contribution is 0.552.